The van der Waals surface area contributed by atoms with Crippen LogP contribution in [0.2, 0.25) is 0 Å². The first-order valence-corrected chi connectivity index (χ1v) is 34.9. The average Bonchev–Trinajstić information content (AvgIpc) is 1.74. The fourth-order valence-corrected chi connectivity index (χ4v) is 10.6. The first-order valence-electron chi connectivity index (χ1n) is 34.9. The Labute approximate surface area is 607 Å². The Morgan fingerprint density at radius 2 is 0.981 bits per heavy atom. The van der Waals surface area contributed by atoms with Crippen LogP contribution in [-0.4, -0.2) is 224 Å². The highest BCUT2D eigenvalue weighted by Gasteiger charge is 2.43. The molecule has 1 aromatic carbocycles. The number of rotatable bonds is 45. The maximum Gasteiger partial charge on any atom is 0.490 e. The summed E-state index contributed by atoms with van der Waals surface area (Å²) in [5.74, 6) is -19.0. The molecule has 0 saturated carbocycles. The lowest BCUT2D eigenvalue weighted by Gasteiger charge is -2.32. The second-order valence-electron chi connectivity index (χ2n) is 27.2. The highest BCUT2D eigenvalue weighted by molar-refractivity contribution is 6.00. The van der Waals surface area contributed by atoms with E-state index >= 15 is 0 Å². The summed E-state index contributed by atoms with van der Waals surface area (Å²) in [6.07, 6.45) is -4.77. The topological polar surface area (TPSA) is 585 Å². The molecule has 0 aliphatic carbocycles. The number of amides is 12. The standard InChI is InChI=1S/C65H109N15O18.C2HF3O2/c1-11-37(10)53(79-54(86)40(24-25-48(68)83)70-60(92)50(69)34(4)5)63(95)78-52(36(8)9)62(94)74-44(30-38-20-22-39(82)23-21-38)56(88)71-41(17-12-14-26-66)64(96)80-28-16-19-47(80)59(91)77-51(35(6)7)61(93)75-45(31-49(84)85)57(89)73-43(29-33(2)3)55(87)76-46(32-81)58(90)72-42(65(97)98)18-13-15-27-67;3-2(4,5)1(6)7/h20-23,33-37,40-47,50-53,81-82H,11-19,24-32,66-67,69H2,1-10H3,(H2,68,83)(H,70,92)(H,71,88)(H,72,90)(H,73,89)(H,74,94)(H,75,93)(H,76,87)(H,77,91)(H,78,95)(H,79,86)(H,84,85)(H,97,98);(H,6,7)/t37-,40-,41-,42-,43-,44-,45-,46-,47-,50-,51-,52-,53-;/m0./s1. The summed E-state index contributed by atoms with van der Waals surface area (Å²) >= 11 is 0. The van der Waals surface area contributed by atoms with E-state index in [0.717, 1.165) is 0 Å². The monoisotopic (exact) mass is 1500 g/mol. The van der Waals surface area contributed by atoms with Gasteiger partial charge < -0.3 is 107 Å². The lowest BCUT2D eigenvalue weighted by Crippen LogP contribution is -2.62. The molecule has 1 aromatic rings. The molecule has 0 aromatic heterocycles. The van der Waals surface area contributed by atoms with Gasteiger partial charge in [-0.15, -0.1) is 0 Å². The van der Waals surface area contributed by atoms with Crippen LogP contribution in [0.5, 0.6) is 5.75 Å². The molecule has 1 fully saturated rings. The van der Waals surface area contributed by atoms with Gasteiger partial charge >= 0.3 is 24.1 Å². The van der Waals surface area contributed by atoms with Crippen LogP contribution in [-0.2, 0) is 78.3 Å². The van der Waals surface area contributed by atoms with Crippen molar-refractivity contribution in [3.8, 4) is 5.75 Å². The van der Waals surface area contributed by atoms with E-state index in [2.05, 4.69) is 53.2 Å². The van der Waals surface area contributed by atoms with Gasteiger partial charge in [-0.2, -0.15) is 13.2 Å². The summed E-state index contributed by atoms with van der Waals surface area (Å²) in [5, 5.41) is 72.3. The molecule has 0 bridgehead atoms. The number of nitrogens with zero attached hydrogens (tertiary/aromatic N) is 1. The van der Waals surface area contributed by atoms with Crippen molar-refractivity contribution in [1.29, 1.82) is 0 Å². The van der Waals surface area contributed by atoms with Crippen LogP contribution in [0.15, 0.2) is 24.3 Å². The van der Waals surface area contributed by atoms with Gasteiger partial charge in [0.1, 0.15) is 72.2 Å². The van der Waals surface area contributed by atoms with Gasteiger partial charge in [0.05, 0.1) is 19.1 Å². The third-order valence-electron chi connectivity index (χ3n) is 17.0. The number of benzene rings is 1. The quantitative estimate of drug-likeness (QED) is 0.0310. The summed E-state index contributed by atoms with van der Waals surface area (Å²) in [4.78, 5) is 201. The van der Waals surface area contributed by atoms with Gasteiger partial charge in [-0.25, -0.2) is 9.59 Å². The second-order valence-corrected chi connectivity index (χ2v) is 27.2. The zero-order chi connectivity index (χ0) is 80.3. The minimum atomic E-state index is -5.08. The minimum Gasteiger partial charge on any atom is -0.508 e. The van der Waals surface area contributed by atoms with Gasteiger partial charge in [-0.3, -0.25) is 62.3 Å². The van der Waals surface area contributed by atoms with E-state index in [1.165, 1.54) is 29.2 Å². The highest BCUT2D eigenvalue weighted by Crippen LogP contribution is 2.23. The average molecular weight is 1500 g/mol. The van der Waals surface area contributed by atoms with Crippen LogP contribution >= 0.6 is 0 Å². The van der Waals surface area contributed by atoms with Crippen LogP contribution in [0, 0.1) is 29.6 Å². The SMILES string of the molecule is CC[C@H](C)[C@H](NC(=O)[C@H](CCC(N)=O)NC(=O)[C@@H](N)C(C)C)C(=O)N[C@H](C(=O)N[C@@H](Cc1ccc(O)cc1)C(=O)N[C@@H](CCCCN)C(=O)N1CCC[C@H]1C(=O)N[C@H](C(=O)N[C@@H](CC(=O)O)C(=O)N[C@@H](CC(C)C)C(=O)N[C@@H](CO)C(=O)N[C@@H](CCCCN)C(=O)O)C(C)C)C(C)C.O=C(O)C(F)(F)F. The largest absolute Gasteiger partial charge is 0.508 e. The lowest BCUT2D eigenvalue weighted by atomic mass is 9.95. The van der Waals surface area contributed by atoms with Crippen LogP contribution in [0.4, 0.5) is 13.2 Å². The Morgan fingerprint density at radius 1 is 0.543 bits per heavy atom. The molecule has 1 saturated heterocycles. The van der Waals surface area contributed by atoms with Crippen molar-refractivity contribution in [2.75, 3.05) is 26.2 Å². The molecule has 1 aliphatic rings. The number of alkyl halides is 3. The number of nitrogens with two attached hydrogens (primary N) is 4. The number of aliphatic carboxylic acids is 3. The van der Waals surface area contributed by atoms with Crippen molar-refractivity contribution in [1.82, 2.24) is 58.1 Å². The number of hydrogen-bond acceptors (Lipinski definition) is 20. The normalized spacial score (nSPS) is 16.3. The third kappa shape index (κ3) is 33.6. The predicted octanol–water partition coefficient (Wildman–Crippen LogP) is -2.13. The number of carboxylic acids is 3. The number of likely N-dealkylation sites (tertiary alicyclic amines) is 1. The molecule has 1 heterocycles. The van der Waals surface area contributed by atoms with Crippen molar-refractivity contribution < 1.29 is 111 Å². The van der Waals surface area contributed by atoms with Crippen molar-refractivity contribution in [2.24, 2.45) is 52.5 Å². The molecule has 0 unspecified atom stereocenters. The number of phenolic OH excluding ortho intramolecular Hbond substituents is 1. The van der Waals surface area contributed by atoms with Crippen LogP contribution in [0.25, 0.3) is 0 Å². The first kappa shape index (κ1) is 93.7. The number of aliphatic hydroxyl groups is 1. The van der Waals surface area contributed by atoms with Crippen molar-refractivity contribution in [2.45, 2.75) is 238 Å². The number of hydrogen-bond donors (Lipinski definition) is 19. The predicted molar refractivity (Wildman–Crippen MR) is 372 cm³/mol. The Kier molecular flexibility index (Phi) is 41.5. The van der Waals surface area contributed by atoms with Gasteiger partial charge in [0.15, 0.2) is 0 Å². The molecule has 12 amide bonds. The highest BCUT2D eigenvalue weighted by atomic mass is 19.4. The molecular formula is C67H110F3N15O20. The molecule has 2 rings (SSSR count). The van der Waals surface area contributed by atoms with Gasteiger partial charge in [-0.1, -0.05) is 87.8 Å². The van der Waals surface area contributed by atoms with E-state index in [-0.39, 0.29) is 88.6 Å². The maximum absolute atomic E-state index is 14.9. The number of unbranched alkanes of at least 4 members (excludes halogenated alkanes) is 2. The van der Waals surface area contributed by atoms with Crippen molar-refractivity contribution in [3.63, 3.8) is 0 Å². The van der Waals surface area contributed by atoms with Crippen molar-refractivity contribution >= 4 is 88.8 Å². The summed E-state index contributed by atoms with van der Waals surface area (Å²) in [5.41, 5.74) is 23.2. The van der Waals surface area contributed by atoms with E-state index in [9.17, 15) is 101 Å². The Balaban J connectivity index is 0.00000746. The van der Waals surface area contributed by atoms with Crippen molar-refractivity contribution in [3.05, 3.63) is 29.8 Å². The summed E-state index contributed by atoms with van der Waals surface area (Å²) in [6, 6.07) is -11.3. The molecular weight excluding hydrogens is 1390 g/mol. The second kappa shape index (κ2) is 46.5. The molecule has 594 valence electrons. The van der Waals surface area contributed by atoms with Crippen LogP contribution in [0.3, 0.4) is 0 Å². The number of primary amides is 1. The molecule has 23 N–H and O–H groups in total. The Hall–Kier alpha value is -9.30. The number of aromatic hydroxyl groups is 1. The number of aliphatic hydroxyl groups excluding tert-OH is 1. The lowest BCUT2D eigenvalue weighted by molar-refractivity contribution is -0.192. The zero-order valence-electron chi connectivity index (χ0n) is 61.1. The van der Waals surface area contributed by atoms with E-state index in [0.29, 0.717) is 37.7 Å². The van der Waals surface area contributed by atoms with E-state index in [1.54, 1.807) is 69.2 Å². The third-order valence-corrected chi connectivity index (χ3v) is 17.0. The van der Waals surface area contributed by atoms with Crippen LogP contribution in [0.1, 0.15) is 158 Å². The molecule has 13 atom stereocenters. The summed E-state index contributed by atoms with van der Waals surface area (Å²) < 4.78 is 31.7. The van der Waals surface area contributed by atoms with Gasteiger partial charge in [0.2, 0.25) is 70.9 Å². The molecule has 35 nitrogen and oxygen atoms in total. The van der Waals surface area contributed by atoms with Gasteiger partial charge in [-0.05, 0) is 125 Å². The fraction of sp³-hybridized carbons (Fsp3) is 0.687. The molecule has 0 radical (unpaired) electrons. The van der Waals surface area contributed by atoms with Gasteiger partial charge in [0, 0.05) is 19.4 Å². The molecule has 0 spiro atoms. The smallest absolute Gasteiger partial charge is 0.490 e. The number of nitrogens with one attached hydrogen (secondary N) is 10. The number of carbonyl (C=O) groups excluding carboxylic acids is 12. The molecule has 38 heteroatoms. The minimum absolute atomic E-state index is 0.00276. The van der Waals surface area contributed by atoms with Gasteiger partial charge in [0.25, 0.3) is 0 Å². The first-order chi connectivity index (χ1) is 49.0. The summed E-state index contributed by atoms with van der Waals surface area (Å²) in [7, 11) is 0. The number of carboxylic acid groups (broad SMARTS) is 3. The van der Waals surface area contributed by atoms with E-state index in [1.807, 2.05) is 0 Å². The van der Waals surface area contributed by atoms with E-state index < -0.39 is 198 Å². The zero-order valence-corrected chi connectivity index (χ0v) is 61.1. The molecule has 1 aliphatic heterocycles. The molecule has 105 heavy (non-hydrogen) atoms. The Morgan fingerprint density at radius 3 is 1.46 bits per heavy atom. The number of carbonyl (C=O) groups is 15. The number of phenols is 1. The Bertz CT molecular complexity index is 3090. The fourth-order valence-electron chi connectivity index (χ4n) is 10.6. The summed E-state index contributed by atoms with van der Waals surface area (Å²) in [6.45, 7) is 16.0. The maximum atomic E-state index is 14.9. The van der Waals surface area contributed by atoms with E-state index in [4.69, 9.17) is 32.8 Å². The number of halogens is 3. The van der Waals surface area contributed by atoms with Crippen LogP contribution < -0.4 is 76.1 Å².